The van der Waals surface area contributed by atoms with Crippen LogP contribution in [-0.2, 0) is 32.0 Å². The van der Waals surface area contributed by atoms with Gasteiger partial charge in [-0.3, -0.25) is 19.2 Å². The van der Waals surface area contributed by atoms with Gasteiger partial charge >= 0.3 is 5.97 Å². The predicted molar refractivity (Wildman–Crippen MR) is 108 cm³/mol. The molecule has 0 aromatic carbocycles. The number of nitrogens with one attached hydrogen (secondary N) is 2. The van der Waals surface area contributed by atoms with Crippen molar-refractivity contribution < 1.29 is 29.4 Å². The van der Waals surface area contributed by atoms with Gasteiger partial charge in [0.2, 0.25) is 11.8 Å². The lowest BCUT2D eigenvalue weighted by Gasteiger charge is -2.29. The van der Waals surface area contributed by atoms with E-state index in [1.165, 1.54) is 10.5 Å². The van der Waals surface area contributed by atoms with Gasteiger partial charge in [-0.05, 0) is 43.7 Å². The number of anilines is 1. The first-order valence-corrected chi connectivity index (χ1v) is 10.0. The standard InChI is InChI=1S/C19H26N4O4.CH2O2/c24-16-11-14(7-10-23(16)12-17(25)26)19(27)21-9-2-4-15-6-5-13-3-1-8-20-18(13)22-15;2-1-3/h5-6,14H,1-4,7-12H2,(H,20,22)(H,21,27)(H,25,26);1H,(H,2,3). The molecule has 3 rings (SSSR count). The fraction of sp³-hybridized carbons (Fsp3) is 0.550. The number of rotatable bonds is 7. The molecule has 2 aliphatic rings. The normalized spacial score (nSPS) is 17.7. The van der Waals surface area contributed by atoms with E-state index in [9.17, 15) is 14.4 Å². The van der Waals surface area contributed by atoms with Crippen LogP contribution < -0.4 is 10.6 Å². The molecule has 0 aliphatic carbocycles. The van der Waals surface area contributed by atoms with E-state index in [-0.39, 0.29) is 37.2 Å². The Hall–Kier alpha value is -3.17. The van der Waals surface area contributed by atoms with Gasteiger partial charge in [0.25, 0.3) is 6.47 Å². The summed E-state index contributed by atoms with van der Waals surface area (Å²) < 4.78 is 0. The summed E-state index contributed by atoms with van der Waals surface area (Å²) in [6.45, 7) is 1.27. The van der Waals surface area contributed by atoms with Crippen LogP contribution in [0.15, 0.2) is 12.1 Å². The van der Waals surface area contributed by atoms with Crippen LogP contribution in [-0.4, -0.2) is 70.5 Å². The van der Waals surface area contributed by atoms with Gasteiger partial charge < -0.3 is 25.7 Å². The van der Waals surface area contributed by atoms with Gasteiger partial charge in [0, 0.05) is 37.7 Å². The van der Waals surface area contributed by atoms with Crippen molar-refractivity contribution in [3.8, 4) is 0 Å². The number of carboxylic acid groups (broad SMARTS) is 2. The quantitative estimate of drug-likeness (QED) is 0.368. The molecule has 10 nitrogen and oxygen atoms in total. The minimum absolute atomic E-state index is 0.0805. The number of carbonyl (C=O) groups is 4. The van der Waals surface area contributed by atoms with E-state index < -0.39 is 5.97 Å². The van der Waals surface area contributed by atoms with Gasteiger partial charge in [0.05, 0.1) is 0 Å². The zero-order valence-electron chi connectivity index (χ0n) is 16.8. The molecule has 0 saturated carbocycles. The smallest absolute Gasteiger partial charge is 0.323 e. The number of hydrogen-bond donors (Lipinski definition) is 4. The van der Waals surface area contributed by atoms with Crippen molar-refractivity contribution in [3.05, 3.63) is 23.4 Å². The second kappa shape index (κ2) is 11.7. The minimum Gasteiger partial charge on any atom is -0.483 e. The molecule has 4 N–H and O–H groups in total. The van der Waals surface area contributed by atoms with Gasteiger partial charge in [0.15, 0.2) is 0 Å². The molecule has 1 atom stereocenters. The number of hydrogen-bond acceptors (Lipinski definition) is 6. The third-order valence-corrected chi connectivity index (χ3v) is 5.08. The van der Waals surface area contributed by atoms with Crippen LogP contribution in [0.25, 0.3) is 0 Å². The van der Waals surface area contributed by atoms with E-state index >= 15 is 0 Å². The van der Waals surface area contributed by atoms with E-state index in [1.807, 2.05) is 6.07 Å². The van der Waals surface area contributed by atoms with Gasteiger partial charge in [-0.2, -0.15) is 0 Å². The molecule has 3 heterocycles. The van der Waals surface area contributed by atoms with E-state index in [4.69, 9.17) is 15.0 Å². The molecule has 1 saturated heterocycles. The molecule has 164 valence electrons. The minimum atomic E-state index is -1.03. The zero-order valence-corrected chi connectivity index (χ0v) is 16.8. The second-order valence-electron chi connectivity index (χ2n) is 7.24. The number of aromatic nitrogens is 1. The van der Waals surface area contributed by atoms with Gasteiger partial charge in [-0.1, -0.05) is 6.07 Å². The van der Waals surface area contributed by atoms with Gasteiger partial charge in [-0.25, -0.2) is 4.98 Å². The Morgan fingerprint density at radius 3 is 2.83 bits per heavy atom. The Bertz CT molecular complexity index is 770. The van der Waals surface area contributed by atoms with E-state index in [0.29, 0.717) is 19.5 Å². The monoisotopic (exact) mass is 420 g/mol. The number of piperidine rings is 1. The second-order valence-corrected chi connectivity index (χ2v) is 7.24. The molecular formula is C20H28N4O6. The van der Waals surface area contributed by atoms with Crippen molar-refractivity contribution in [1.82, 2.24) is 15.2 Å². The highest BCUT2D eigenvalue weighted by molar-refractivity contribution is 5.88. The molecule has 1 unspecified atom stereocenters. The van der Waals surface area contributed by atoms with E-state index in [0.717, 1.165) is 43.7 Å². The maximum atomic E-state index is 12.3. The molecule has 10 heteroatoms. The molecule has 0 bridgehead atoms. The number of nitrogens with zero attached hydrogens (tertiary/aromatic N) is 2. The lowest BCUT2D eigenvalue weighted by Crippen LogP contribution is -2.45. The van der Waals surface area contributed by atoms with Crippen LogP contribution in [0.3, 0.4) is 0 Å². The summed E-state index contributed by atoms with van der Waals surface area (Å²) in [6.07, 6.45) is 4.35. The summed E-state index contributed by atoms with van der Waals surface area (Å²) >= 11 is 0. The van der Waals surface area contributed by atoms with E-state index in [2.05, 4.69) is 21.7 Å². The lowest BCUT2D eigenvalue weighted by molar-refractivity contribution is -0.147. The first kappa shape index (κ1) is 23.1. The number of fused-ring (bicyclic) bond motifs is 1. The van der Waals surface area contributed by atoms with Crippen LogP contribution in [0.5, 0.6) is 0 Å². The summed E-state index contributed by atoms with van der Waals surface area (Å²) in [5.41, 5.74) is 2.27. The molecule has 30 heavy (non-hydrogen) atoms. The number of aliphatic carboxylic acids is 1. The maximum absolute atomic E-state index is 12.3. The Labute approximate surface area is 174 Å². The number of likely N-dealkylation sites (tertiary alicyclic amines) is 1. The van der Waals surface area contributed by atoms with E-state index in [1.54, 1.807) is 0 Å². The number of pyridine rings is 1. The highest BCUT2D eigenvalue weighted by atomic mass is 16.4. The molecule has 1 fully saturated rings. The molecule has 2 aliphatic heterocycles. The molecule has 0 spiro atoms. The first-order valence-electron chi connectivity index (χ1n) is 10.0. The average Bonchev–Trinajstić information content (AvgIpc) is 2.72. The van der Waals surface area contributed by atoms with Crippen molar-refractivity contribution >= 4 is 30.1 Å². The first-order chi connectivity index (χ1) is 14.4. The maximum Gasteiger partial charge on any atom is 0.323 e. The number of carboxylic acids is 1. The average molecular weight is 420 g/mol. The molecule has 1 aromatic heterocycles. The highest BCUT2D eigenvalue weighted by Gasteiger charge is 2.31. The number of aryl methyl sites for hydroxylation is 2. The summed E-state index contributed by atoms with van der Waals surface area (Å²) in [7, 11) is 0. The summed E-state index contributed by atoms with van der Waals surface area (Å²) in [5, 5.41) is 21.9. The number of carbonyl (C=O) groups excluding carboxylic acids is 2. The van der Waals surface area contributed by atoms with Crippen molar-refractivity contribution in [2.24, 2.45) is 5.92 Å². The van der Waals surface area contributed by atoms with Crippen molar-refractivity contribution in [1.29, 1.82) is 0 Å². The fourth-order valence-corrected chi connectivity index (χ4v) is 3.57. The topological polar surface area (TPSA) is 149 Å². The summed E-state index contributed by atoms with van der Waals surface area (Å²) in [5.74, 6) is -0.812. The third-order valence-electron chi connectivity index (χ3n) is 5.08. The van der Waals surface area contributed by atoms with Gasteiger partial charge in [0.1, 0.15) is 12.4 Å². The van der Waals surface area contributed by atoms with Crippen molar-refractivity contribution in [3.63, 3.8) is 0 Å². The largest absolute Gasteiger partial charge is 0.483 e. The van der Waals surface area contributed by atoms with Crippen molar-refractivity contribution in [2.75, 3.05) is 31.5 Å². The molecule has 1 aromatic rings. The van der Waals surface area contributed by atoms with Crippen molar-refractivity contribution in [2.45, 2.75) is 38.5 Å². The Morgan fingerprint density at radius 2 is 2.13 bits per heavy atom. The third kappa shape index (κ3) is 7.02. The van der Waals surface area contributed by atoms with Crippen LogP contribution in [0.4, 0.5) is 5.82 Å². The van der Waals surface area contributed by atoms with Crippen LogP contribution in [0.1, 0.15) is 36.9 Å². The molecule has 0 radical (unpaired) electrons. The summed E-state index contributed by atoms with van der Waals surface area (Å²) in [4.78, 5) is 49.2. The highest BCUT2D eigenvalue weighted by Crippen LogP contribution is 2.20. The van der Waals surface area contributed by atoms with Crippen LogP contribution >= 0.6 is 0 Å². The zero-order chi connectivity index (χ0) is 21.9. The number of amides is 2. The fourth-order valence-electron chi connectivity index (χ4n) is 3.57. The molecular weight excluding hydrogens is 392 g/mol. The molecule has 2 amide bonds. The Balaban J connectivity index is 0.00000101. The van der Waals surface area contributed by atoms with Crippen LogP contribution in [0, 0.1) is 5.92 Å². The SMILES string of the molecule is O=C(O)CN1CCC(C(=O)NCCCc2ccc3c(n2)NCCC3)CC1=O.O=CO. The Kier molecular flexibility index (Phi) is 9.04. The lowest BCUT2D eigenvalue weighted by atomic mass is 9.95. The summed E-state index contributed by atoms with van der Waals surface area (Å²) in [6, 6.07) is 4.17. The van der Waals surface area contributed by atoms with Gasteiger partial charge in [-0.15, -0.1) is 0 Å². The Morgan fingerprint density at radius 1 is 1.37 bits per heavy atom. The predicted octanol–water partition coefficient (Wildman–Crippen LogP) is 0.513. The van der Waals surface area contributed by atoms with Crippen LogP contribution in [0.2, 0.25) is 0 Å².